The van der Waals surface area contributed by atoms with Crippen molar-refractivity contribution in [2.75, 3.05) is 47.8 Å². The number of fused-ring (bicyclic) bond motifs is 12. The second-order valence-electron chi connectivity index (χ2n) is 30.6. The molecule has 127 heavy (non-hydrogen) atoms. The Hall–Kier alpha value is -15.3. The Morgan fingerprint density at radius 1 is 0.339 bits per heavy atom. The first-order valence-electron chi connectivity index (χ1n) is 39.8. The normalized spacial score (nSPS) is 21.0. The molecule has 7 amide bonds. The Balaban J connectivity index is 0.000000132. The Labute approximate surface area is 726 Å². The Bertz CT molecular complexity index is 5760. The number of hydrogen-bond donors (Lipinski definition) is 5. The van der Waals surface area contributed by atoms with Gasteiger partial charge in [0.15, 0.2) is 52.0 Å². The number of nitrogens with two attached hydrogens (primary N) is 1. The van der Waals surface area contributed by atoms with E-state index in [2.05, 4.69) is 61.9 Å². The van der Waals surface area contributed by atoms with E-state index in [1.165, 1.54) is 148 Å². The van der Waals surface area contributed by atoms with Crippen LogP contribution in [0.15, 0.2) is 244 Å². The summed E-state index contributed by atoms with van der Waals surface area (Å²) < 4.78 is 76.7. The number of rotatable bonds is 15. The fourth-order valence-corrected chi connectivity index (χ4v) is 15.9. The number of para-hydroxylation sites is 4. The topological polar surface area (TPSA) is 372 Å². The maximum atomic E-state index is 13.9. The van der Waals surface area contributed by atoms with Gasteiger partial charge in [-0.2, -0.15) is 0 Å². The zero-order valence-electron chi connectivity index (χ0n) is 67.2. The van der Waals surface area contributed by atoms with E-state index in [1.54, 1.807) is 100 Å². The van der Waals surface area contributed by atoms with Gasteiger partial charge in [-0.05, 0) is 192 Å². The summed E-state index contributed by atoms with van der Waals surface area (Å²) in [5, 5.41) is 17.2. The highest BCUT2D eigenvalue weighted by Gasteiger charge is 2.56. The van der Waals surface area contributed by atoms with Crippen molar-refractivity contribution in [1.29, 1.82) is 0 Å². The summed E-state index contributed by atoms with van der Waals surface area (Å²) in [6.45, 7) is 0. The molecule has 4 fully saturated rings. The van der Waals surface area contributed by atoms with Gasteiger partial charge in [-0.3, -0.25) is 68.1 Å². The van der Waals surface area contributed by atoms with Crippen molar-refractivity contribution in [3.8, 4) is 46.0 Å². The third-order valence-corrected chi connectivity index (χ3v) is 22.6. The molecule has 4 aliphatic carbocycles. The molecule has 4 aromatic carbocycles. The number of ether oxygens (including phenoxy) is 4. The lowest BCUT2D eigenvalue weighted by atomic mass is 10.1. The molecule has 20 rings (SSSR count). The van der Waals surface area contributed by atoms with Crippen LogP contribution in [-0.2, 0) is 19.2 Å². The van der Waals surface area contributed by atoms with Crippen molar-refractivity contribution < 1.29 is 80.0 Å². The van der Waals surface area contributed by atoms with Crippen molar-refractivity contribution in [2.45, 2.75) is 88.4 Å². The van der Waals surface area contributed by atoms with Gasteiger partial charge in [0.2, 0.25) is 5.91 Å². The molecule has 4 saturated carbocycles. The molecule has 12 atom stereocenters. The number of pyridine rings is 8. The van der Waals surface area contributed by atoms with Gasteiger partial charge in [-0.25, -0.2) is 47.3 Å². The molecule has 0 radical (unpaired) electrons. The lowest BCUT2D eigenvalue weighted by Crippen LogP contribution is -2.48. The highest BCUT2D eigenvalue weighted by Crippen LogP contribution is 2.57. The second-order valence-corrected chi connectivity index (χ2v) is 30.6. The summed E-state index contributed by atoms with van der Waals surface area (Å²) >= 11 is 0. The number of anilines is 4. The molecule has 2 unspecified atom stereocenters. The van der Waals surface area contributed by atoms with Gasteiger partial charge in [0.05, 0.1) is 6.04 Å². The SMILES string of the molecule is C.C.CN1C(=O)[C@@H](N)C2C[C@H]2c2cccnc21.CN1C(=O)[C@@H](NC(=O)c2cc(Oc3ccccc3F)ccn2)C2C[C@H]2c2cccnc21.CN1C(=O)[C@@H](NC(=O)c2cc(Oc3ccccc3F)ccn2)[C@H]2C[C@H]2c2cccnc21.CN1C(=O)[C@H](NC(=O)c2cc(Oc3ccccc3F)ccn2)[C@@H]2C[C@@H]2c2cccnc21.O=C(O)c1cc(Oc2ccccc2F)ccn1. The molecular weight excluding hydrogens is 1640 g/mol. The molecule has 8 aromatic heterocycles. The van der Waals surface area contributed by atoms with E-state index >= 15 is 0 Å². The lowest BCUT2D eigenvalue weighted by Gasteiger charge is -2.22. The Morgan fingerprint density at radius 3 is 0.858 bits per heavy atom. The number of nitrogens with one attached hydrogen (secondary N) is 3. The highest BCUT2D eigenvalue weighted by atomic mass is 19.1. The number of benzene rings is 4. The first-order chi connectivity index (χ1) is 60.4. The monoisotopic (exact) mass is 1720 g/mol. The molecule has 29 nitrogen and oxygen atoms in total. The molecule has 12 aromatic rings. The minimum atomic E-state index is -1.16. The van der Waals surface area contributed by atoms with Crippen molar-refractivity contribution in [1.82, 2.24) is 55.8 Å². The number of carboxylic acid groups (broad SMARTS) is 1. The van der Waals surface area contributed by atoms with E-state index in [1.807, 2.05) is 42.5 Å². The number of carbonyl (C=O) groups excluding carboxylic acids is 7. The van der Waals surface area contributed by atoms with Gasteiger partial charge in [0.25, 0.3) is 35.4 Å². The molecule has 0 bridgehead atoms. The highest BCUT2D eigenvalue weighted by molar-refractivity contribution is 6.05. The van der Waals surface area contributed by atoms with Crippen LogP contribution in [0, 0.1) is 46.9 Å². The van der Waals surface area contributed by atoms with E-state index < -0.39 is 65.1 Å². The molecule has 8 aliphatic rings. The van der Waals surface area contributed by atoms with Crippen LogP contribution < -0.4 is 60.2 Å². The minimum absolute atomic E-state index is 0. The number of aromatic nitrogens is 8. The predicted molar refractivity (Wildman–Crippen MR) is 459 cm³/mol. The minimum Gasteiger partial charge on any atom is -0.477 e. The first kappa shape index (κ1) is 88.0. The summed E-state index contributed by atoms with van der Waals surface area (Å²) in [7, 11) is 6.75. The van der Waals surface area contributed by atoms with Gasteiger partial charge in [0, 0.05) is 102 Å². The smallest absolute Gasteiger partial charge is 0.354 e. The van der Waals surface area contributed by atoms with E-state index in [4.69, 9.17) is 29.8 Å². The lowest BCUT2D eigenvalue weighted by molar-refractivity contribution is -0.121. The Morgan fingerprint density at radius 2 is 0.583 bits per heavy atom. The standard InChI is InChI=1S/3C23H19FN4O3.C12H8FNO3.C11H13N3O.2CH4/c3*1-28-21-14(5-4-9-26-21)15-12-16(15)20(23(28)30)27-22(29)18-11-13(8-10-25-18)31-19-7-3-2-6-17(19)24;13-9-3-1-2-4-11(9)17-8-5-6-14-10(7-8)12(15)16;1-14-10-6(3-2-4-13-10)7-5-8(7)9(12)11(14)15;;/h3*2-11,15-16,20H,12H2,1H3,(H,27,29);1-7H,(H,15,16);2-4,7-9H,5,12H2,1H3;2*1H4/t15-,16?,20-;2*15-,16-,20-;;7-,8?,9-;;/m010.0../s1. The molecule has 648 valence electrons. The number of amides is 7. The number of carboxylic acids is 1. The molecule has 0 saturated heterocycles. The average molecular weight is 1720 g/mol. The molecule has 0 spiro atoms. The number of halogens is 4. The van der Waals surface area contributed by atoms with Crippen molar-refractivity contribution in [2.24, 2.45) is 29.4 Å². The number of likely N-dealkylation sites (N-methyl/N-ethyl adjacent to an activating group) is 4. The van der Waals surface area contributed by atoms with Crippen LogP contribution in [0.4, 0.5) is 40.8 Å². The number of nitrogens with zero attached hydrogens (tertiary/aromatic N) is 12. The number of carbonyl (C=O) groups is 8. The number of hydrogen-bond acceptors (Lipinski definition) is 21. The van der Waals surface area contributed by atoms with E-state index in [9.17, 15) is 55.9 Å². The summed E-state index contributed by atoms with van der Waals surface area (Å²) in [5.74, 6) is -0.0369. The Kier molecular flexibility index (Phi) is 26.2. The van der Waals surface area contributed by atoms with Crippen LogP contribution in [0.3, 0.4) is 0 Å². The predicted octanol–water partition coefficient (Wildman–Crippen LogP) is 14.3. The molecule has 12 heterocycles. The third kappa shape index (κ3) is 19.3. The van der Waals surface area contributed by atoms with Gasteiger partial charge >= 0.3 is 5.97 Å². The third-order valence-electron chi connectivity index (χ3n) is 22.6. The van der Waals surface area contributed by atoms with Crippen LogP contribution in [0.1, 0.15) is 128 Å². The van der Waals surface area contributed by atoms with E-state index in [0.29, 0.717) is 29.3 Å². The number of aromatic carboxylic acids is 1. The molecular formula is C94H86F4N16O13. The summed E-state index contributed by atoms with van der Waals surface area (Å²) in [5.41, 5.74) is 10.3. The molecule has 6 N–H and O–H groups in total. The summed E-state index contributed by atoms with van der Waals surface area (Å²) in [6, 6.07) is 48.5. The van der Waals surface area contributed by atoms with Gasteiger partial charge in [0.1, 0.15) is 81.5 Å². The second kappa shape index (κ2) is 37.8. The molecule has 33 heteroatoms. The fraction of sp³-hybridized carbons (Fsp3) is 0.234. The zero-order chi connectivity index (χ0) is 87.4. The quantitative estimate of drug-likeness (QED) is 0.0595. The average Bonchev–Trinajstić information content (AvgIpc) is 1.48. The van der Waals surface area contributed by atoms with Crippen molar-refractivity contribution in [3.05, 3.63) is 312 Å². The summed E-state index contributed by atoms with van der Waals surface area (Å²) in [6.07, 6.45) is 15.7. The van der Waals surface area contributed by atoms with Gasteiger partial charge in [-0.15, -0.1) is 0 Å². The fourth-order valence-electron chi connectivity index (χ4n) is 15.9. The van der Waals surface area contributed by atoms with Crippen molar-refractivity contribution in [3.63, 3.8) is 0 Å². The summed E-state index contributed by atoms with van der Waals surface area (Å²) in [4.78, 5) is 140. The van der Waals surface area contributed by atoms with Crippen molar-refractivity contribution >= 4 is 70.6 Å². The first-order valence-corrected chi connectivity index (χ1v) is 39.8. The van der Waals surface area contributed by atoms with Gasteiger partial charge in [-0.1, -0.05) is 87.6 Å². The van der Waals surface area contributed by atoms with Crippen LogP contribution in [0.25, 0.3) is 0 Å². The maximum Gasteiger partial charge on any atom is 0.354 e. The van der Waals surface area contributed by atoms with Crippen LogP contribution in [0.2, 0.25) is 0 Å². The maximum absolute atomic E-state index is 13.9. The van der Waals surface area contributed by atoms with Crippen LogP contribution in [0.5, 0.6) is 46.0 Å². The van der Waals surface area contributed by atoms with Crippen LogP contribution in [-0.4, -0.2) is 145 Å². The van der Waals surface area contributed by atoms with E-state index in [0.717, 1.165) is 48.2 Å². The zero-order valence-corrected chi connectivity index (χ0v) is 67.2. The molecule has 4 aliphatic heterocycles. The van der Waals surface area contributed by atoms with Crippen LogP contribution >= 0.6 is 0 Å². The largest absolute Gasteiger partial charge is 0.477 e. The van der Waals surface area contributed by atoms with E-state index in [-0.39, 0.29) is 149 Å². The van der Waals surface area contributed by atoms with Gasteiger partial charge < -0.3 is 45.7 Å².